The summed E-state index contributed by atoms with van der Waals surface area (Å²) >= 11 is 1.46. The Labute approximate surface area is 139 Å². The highest BCUT2D eigenvalue weighted by molar-refractivity contribution is 8.00. The molecule has 0 spiro atoms. The highest BCUT2D eigenvalue weighted by Crippen LogP contribution is 2.26. The van der Waals surface area contributed by atoms with Crippen molar-refractivity contribution >= 4 is 28.6 Å². The lowest BCUT2D eigenvalue weighted by atomic mass is 10.1. The molecule has 1 N–H and O–H groups in total. The van der Waals surface area contributed by atoms with Crippen LogP contribution in [0.5, 0.6) is 0 Å². The van der Waals surface area contributed by atoms with Crippen molar-refractivity contribution in [3.63, 3.8) is 0 Å². The Morgan fingerprint density at radius 1 is 1.30 bits per heavy atom. The third-order valence-corrected chi connectivity index (χ3v) is 4.60. The SMILES string of the molecule is Cc1cc(SC(C)C(=O)NCc2ccco2)nc2ccccc12. The number of hydrogen-bond acceptors (Lipinski definition) is 4. The number of nitrogens with one attached hydrogen (secondary N) is 1. The van der Waals surface area contributed by atoms with E-state index in [4.69, 9.17) is 4.42 Å². The molecule has 2 heterocycles. The van der Waals surface area contributed by atoms with Gasteiger partial charge in [0.1, 0.15) is 5.76 Å². The number of furan rings is 1. The van der Waals surface area contributed by atoms with E-state index >= 15 is 0 Å². The van der Waals surface area contributed by atoms with Crippen LogP contribution in [0.15, 0.2) is 58.2 Å². The maximum atomic E-state index is 12.2. The predicted molar refractivity (Wildman–Crippen MR) is 92.4 cm³/mol. The number of aromatic nitrogens is 1. The van der Waals surface area contributed by atoms with Crippen LogP contribution in [0.25, 0.3) is 10.9 Å². The number of amides is 1. The molecule has 3 aromatic rings. The summed E-state index contributed by atoms with van der Waals surface area (Å²) in [6.07, 6.45) is 1.60. The summed E-state index contributed by atoms with van der Waals surface area (Å²) in [5.41, 5.74) is 2.12. The Hall–Kier alpha value is -2.27. The minimum Gasteiger partial charge on any atom is -0.467 e. The number of benzene rings is 1. The van der Waals surface area contributed by atoms with Gasteiger partial charge >= 0.3 is 0 Å². The van der Waals surface area contributed by atoms with Crippen LogP contribution < -0.4 is 5.32 Å². The lowest BCUT2D eigenvalue weighted by molar-refractivity contribution is -0.120. The lowest BCUT2D eigenvalue weighted by Gasteiger charge is -2.12. The molecule has 0 bridgehead atoms. The number of carbonyl (C=O) groups excluding carboxylic acids is 1. The van der Waals surface area contributed by atoms with E-state index in [2.05, 4.69) is 23.3 Å². The van der Waals surface area contributed by atoms with E-state index in [-0.39, 0.29) is 11.2 Å². The smallest absolute Gasteiger partial charge is 0.233 e. The van der Waals surface area contributed by atoms with Gasteiger partial charge in [-0.3, -0.25) is 4.79 Å². The van der Waals surface area contributed by atoms with Crippen molar-refractivity contribution < 1.29 is 9.21 Å². The predicted octanol–water partition coefficient (Wildman–Crippen LogP) is 3.93. The minimum atomic E-state index is -0.224. The normalized spacial score (nSPS) is 12.3. The molecule has 1 amide bonds. The first-order chi connectivity index (χ1) is 11.1. The van der Waals surface area contributed by atoms with Crippen LogP contribution >= 0.6 is 11.8 Å². The molecular weight excluding hydrogens is 308 g/mol. The molecule has 118 valence electrons. The van der Waals surface area contributed by atoms with E-state index in [9.17, 15) is 4.79 Å². The fourth-order valence-corrected chi connectivity index (χ4v) is 3.29. The Morgan fingerprint density at radius 2 is 2.13 bits per heavy atom. The highest BCUT2D eigenvalue weighted by atomic mass is 32.2. The Bertz CT molecular complexity index is 815. The maximum Gasteiger partial charge on any atom is 0.233 e. The molecule has 0 saturated carbocycles. The number of rotatable bonds is 5. The molecule has 0 aliphatic heterocycles. The molecule has 1 unspecified atom stereocenters. The zero-order valence-corrected chi connectivity index (χ0v) is 13.9. The van der Waals surface area contributed by atoms with Crippen LogP contribution in [0.3, 0.4) is 0 Å². The van der Waals surface area contributed by atoms with Gasteiger partial charge in [0.2, 0.25) is 5.91 Å². The van der Waals surface area contributed by atoms with Gasteiger partial charge in [-0.15, -0.1) is 0 Å². The number of carbonyl (C=O) groups is 1. The zero-order valence-electron chi connectivity index (χ0n) is 13.1. The van der Waals surface area contributed by atoms with Crippen molar-refractivity contribution in [1.82, 2.24) is 10.3 Å². The molecule has 0 aliphatic rings. The highest BCUT2D eigenvalue weighted by Gasteiger charge is 2.16. The minimum absolute atomic E-state index is 0.0287. The number of fused-ring (bicyclic) bond motifs is 1. The van der Waals surface area contributed by atoms with Crippen molar-refractivity contribution in [1.29, 1.82) is 0 Å². The van der Waals surface area contributed by atoms with Crippen molar-refractivity contribution in [2.24, 2.45) is 0 Å². The summed E-state index contributed by atoms with van der Waals surface area (Å²) in [7, 11) is 0. The summed E-state index contributed by atoms with van der Waals surface area (Å²) in [5.74, 6) is 0.717. The first kappa shape index (κ1) is 15.6. The topological polar surface area (TPSA) is 55.1 Å². The lowest BCUT2D eigenvalue weighted by Crippen LogP contribution is -2.30. The van der Waals surface area contributed by atoms with Crippen LogP contribution in [0.2, 0.25) is 0 Å². The molecule has 5 heteroatoms. The molecular formula is C18H18N2O2S. The summed E-state index contributed by atoms with van der Waals surface area (Å²) < 4.78 is 5.21. The van der Waals surface area contributed by atoms with Crippen molar-refractivity contribution in [3.8, 4) is 0 Å². The number of nitrogens with zero attached hydrogens (tertiary/aromatic N) is 1. The molecule has 1 atom stereocenters. The Kier molecular flexibility index (Phi) is 4.67. The van der Waals surface area contributed by atoms with Gasteiger partial charge in [-0.2, -0.15) is 0 Å². The van der Waals surface area contributed by atoms with Crippen LogP contribution in [-0.4, -0.2) is 16.1 Å². The Morgan fingerprint density at radius 3 is 2.91 bits per heavy atom. The van der Waals surface area contributed by atoms with Crippen LogP contribution in [0.4, 0.5) is 0 Å². The Balaban J connectivity index is 1.67. The molecule has 0 fully saturated rings. The molecule has 3 rings (SSSR count). The van der Waals surface area contributed by atoms with Gasteiger partial charge in [-0.25, -0.2) is 4.98 Å². The first-order valence-corrected chi connectivity index (χ1v) is 8.34. The molecule has 23 heavy (non-hydrogen) atoms. The van der Waals surface area contributed by atoms with Gasteiger partial charge in [0, 0.05) is 5.39 Å². The number of aryl methyl sites for hydroxylation is 1. The fraction of sp³-hybridized carbons (Fsp3) is 0.222. The second-order valence-electron chi connectivity index (χ2n) is 5.35. The molecule has 0 aliphatic carbocycles. The van der Waals surface area contributed by atoms with Gasteiger partial charge in [0.25, 0.3) is 0 Å². The number of para-hydroxylation sites is 1. The largest absolute Gasteiger partial charge is 0.467 e. The van der Waals surface area contributed by atoms with Crippen molar-refractivity contribution in [3.05, 3.63) is 60.1 Å². The number of pyridine rings is 1. The van der Waals surface area contributed by atoms with E-state index in [0.29, 0.717) is 6.54 Å². The zero-order chi connectivity index (χ0) is 16.2. The molecule has 0 radical (unpaired) electrons. The standard InChI is InChI=1S/C18H18N2O2S/c1-12-10-17(20-16-8-4-3-7-15(12)16)23-13(2)18(21)19-11-14-6-5-9-22-14/h3-10,13H,11H2,1-2H3,(H,19,21). The van der Waals surface area contributed by atoms with E-state index in [1.807, 2.05) is 37.3 Å². The maximum absolute atomic E-state index is 12.2. The molecule has 1 aromatic carbocycles. The molecule has 4 nitrogen and oxygen atoms in total. The quantitative estimate of drug-likeness (QED) is 0.722. The van der Waals surface area contributed by atoms with Crippen LogP contribution in [0.1, 0.15) is 18.2 Å². The van der Waals surface area contributed by atoms with Crippen molar-refractivity contribution in [2.45, 2.75) is 30.7 Å². The third-order valence-electron chi connectivity index (χ3n) is 3.58. The fourth-order valence-electron chi connectivity index (χ4n) is 2.34. The van der Waals surface area contributed by atoms with E-state index in [1.165, 1.54) is 17.3 Å². The summed E-state index contributed by atoms with van der Waals surface area (Å²) in [5, 5.41) is 4.66. The van der Waals surface area contributed by atoms with E-state index in [1.54, 1.807) is 12.3 Å². The summed E-state index contributed by atoms with van der Waals surface area (Å²) in [6, 6.07) is 13.7. The van der Waals surface area contributed by atoms with Crippen LogP contribution in [-0.2, 0) is 11.3 Å². The summed E-state index contributed by atoms with van der Waals surface area (Å²) in [6.45, 7) is 4.35. The molecule has 0 saturated heterocycles. The monoisotopic (exact) mass is 326 g/mol. The second kappa shape index (κ2) is 6.87. The third kappa shape index (κ3) is 3.74. The number of thioether (sulfide) groups is 1. The van der Waals surface area contributed by atoms with Crippen LogP contribution in [0, 0.1) is 6.92 Å². The van der Waals surface area contributed by atoms with Crippen molar-refractivity contribution in [2.75, 3.05) is 0 Å². The van der Waals surface area contributed by atoms with Gasteiger partial charge in [0.05, 0.1) is 28.6 Å². The van der Waals surface area contributed by atoms with E-state index < -0.39 is 0 Å². The first-order valence-electron chi connectivity index (χ1n) is 7.46. The van der Waals surface area contributed by atoms with Gasteiger partial charge in [0.15, 0.2) is 0 Å². The van der Waals surface area contributed by atoms with Gasteiger partial charge < -0.3 is 9.73 Å². The average Bonchev–Trinajstić information content (AvgIpc) is 3.06. The van der Waals surface area contributed by atoms with Gasteiger partial charge in [-0.1, -0.05) is 30.0 Å². The number of hydrogen-bond donors (Lipinski definition) is 1. The summed E-state index contributed by atoms with van der Waals surface area (Å²) in [4.78, 5) is 16.8. The van der Waals surface area contributed by atoms with Gasteiger partial charge in [-0.05, 0) is 43.7 Å². The molecule has 2 aromatic heterocycles. The average molecular weight is 326 g/mol. The second-order valence-corrected chi connectivity index (χ2v) is 6.71. The van der Waals surface area contributed by atoms with E-state index in [0.717, 1.165) is 21.7 Å².